The molecule has 0 aliphatic heterocycles. The van der Waals surface area contributed by atoms with Crippen molar-refractivity contribution in [3.63, 3.8) is 0 Å². The van der Waals surface area contributed by atoms with Crippen molar-refractivity contribution in [1.29, 1.82) is 0 Å². The van der Waals surface area contributed by atoms with E-state index in [1.165, 1.54) is 16.7 Å². The molecule has 0 saturated carbocycles. The molecule has 2 aliphatic carbocycles. The zero-order chi connectivity index (χ0) is 17.0. The number of hydrogen-bond acceptors (Lipinski definition) is 2. The molecule has 0 aromatic heterocycles. The first-order valence-electron chi connectivity index (χ1n) is 8.69. The SMILES string of the molecule is CCOc1cccc2c1C(=O)[C@@H]1CC(C)=C(C)C[C@]21[Si](C)(C)C. The molecule has 3 rings (SSSR count). The highest BCUT2D eigenvalue weighted by atomic mass is 28.3. The number of carbonyl (C=O) groups is 1. The lowest BCUT2D eigenvalue weighted by atomic mass is 9.75. The Labute approximate surface area is 140 Å². The molecule has 0 radical (unpaired) electrons. The molecule has 2 aliphatic rings. The maximum Gasteiger partial charge on any atom is 0.170 e. The van der Waals surface area contributed by atoms with E-state index in [-0.39, 0.29) is 11.0 Å². The Morgan fingerprint density at radius 1 is 1.22 bits per heavy atom. The lowest BCUT2D eigenvalue weighted by Crippen LogP contribution is -2.55. The van der Waals surface area contributed by atoms with Gasteiger partial charge >= 0.3 is 0 Å². The van der Waals surface area contributed by atoms with Crippen molar-refractivity contribution in [3.8, 4) is 5.75 Å². The molecule has 0 bridgehead atoms. The van der Waals surface area contributed by atoms with Crippen molar-refractivity contribution in [2.75, 3.05) is 6.61 Å². The lowest BCUT2D eigenvalue weighted by molar-refractivity contribution is 0.0899. The Morgan fingerprint density at radius 3 is 2.52 bits per heavy atom. The van der Waals surface area contributed by atoms with Gasteiger partial charge < -0.3 is 4.74 Å². The number of ketones is 1. The molecule has 0 heterocycles. The predicted octanol–water partition coefficient (Wildman–Crippen LogP) is 5.14. The van der Waals surface area contributed by atoms with E-state index in [9.17, 15) is 4.79 Å². The van der Waals surface area contributed by atoms with Crippen LogP contribution in [0, 0.1) is 5.92 Å². The van der Waals surface area contributed by atoms with Crippen LogP contribution in [0.15, 0.2) is 29.3 Å². The molecule has 1 aromatic rings. The van der Waals surface area contributed by atoms with Gasteiger partial charge in [-0.1, -0.05) is 42.9 Å². The molecule has 3 heteroatoms. The topological polar surface area (TPSA) is 26.3 Å². The summed E-state index contributed by atoms with van der Waals surface area (Å²) in [7, 11) is -1.63. The van der Waals surface area contributed by atoms with Crippen molar-refractivity contribution in [3.05, 3.63) is 40.5 Å². The van der Waals surface area contributed by atoms with Gasteiger partial charge in [0.15, 0.2) is 5.78 Å². The summed E-state index contributed by atoms with van der Waals surface area (Å²) in [5.41, 5.74) is 5.03. The summed E-state index contributed by atoms with van der Waals surface area (Å²) < 4.78 is 5.82. The predicted molar refractivity (Wildman–Crippen MR) is 98.1 cm³/mol. The van der Waals surface area contributed by atoms with Crippen LogP contribution in [0.25, 0.3) is 0 Å². The minimum atomic E-state index is -1.63. The van der Waals surface area contributed by atoms with Gasteiger partial charge in [-0.05, 0) is 45.2 Å². The molecule has 23 heavy (non-hydrogen) atoms. The summed E-state index contributed by atoms with van der Waals surface area (Å²) in [4.78, 5) is 13.4. The van der Waals surface area contributed by atoms with Crippen LogP contribution in [0.2, 0.25) is 19.6 Å². The summed E-state index contributed by atoms with van der Waals surface area (Å²) in [5.74, 6) is 1.21. The number of benzene rings is 1. The van der Waals surface area contributed by atoms with E-state index >= 15 is 0 Å². The summed E-state index contributed by atoms with van der Waals surface area (Å²) in [6.45, 7) is 14.3. The quantitative estimate of drug-likeness (QED) is 0.567. The molecular formula is C20H28O2Si. The van der Waals surface area contributed by atoms with E-state index < -0.39 is 8.07 Å². The summed E-state index contributed by atoms with van der Waals surface area (Å²) in [6, 6.07) is 6.23. The molecule has 0 spiro atoms. The smallest absolute Gasteiger partial charge is 0.170 e. The lowest BCUT2D eigenvalue weighted by Gasteiger charge is -2.48. The number of ether oxygens (including phenoxy) is 1. The van der Waals surface area contributed by atoms with E-state index in [2.05, 4.69) is 45.6 Å². The van der Waals surface area contributed by atoms with Gasteiger partial charge in [0.1, 0.15) is 5.75 Å². The third-order valence-corrected chi connectivity index (χ3v) is 9.56. The molecule has 0 fully saturated rings. The third-order valence-electron chi connectivity index (χ3n) is 6.09. The van der Waals surface area contributed by atoms with Gasteiger partial charge in [-0.3, -0.25) is 4.79 Å². The van der Waals surface area contributed by atoms with Crippen LogP contribution in [-0.4, -0.2) is 20.5 Å². The zero-order valence-corrected chi connectivity index (χ0v) is 16.2. The fraction of sp³-hybridized carbons (Fsp3) is 0.550. The monoisotopic (exact) mass is 328 g/mol. The molecule has 0 amide bonds. The van der Waals surface area contributed by atoms with Crippen LogP contribution in [-0.2, 0) is 5.04 Å². The average molecular weight is 329 g/mol. The largest absolute Gasteiger partial charge is 0.493 e. The number of rotatable bonds is 3. The first kappa shape index (κ1) is 16.5. The van der Waals surface area contributed by atoms with Crippen LogP contribution in [0.3, 0.4) is 0 Å². The number of Topliss-reactive ketones (excluding diaryl/α,β-unsaturated/α-hetero) is 1. The van der Waals surface area contributed by atoms with Crippen molar-refractivity contribution in [1.82, 2.24) is 0 Å². The van der Waals surface area contributed by atoms with E-state index in [0.717, 1.165) is 24.2 Å². The highest BCUT2D eigenvalue weighted by Gasteiger charge is 2.60. The van der Waals surface area contributed by atoms with Crippen LogP contribution >= 0.6 is 0 Å². The fourth-order valence-corrected chi connectivity index (χ4v) is 7.84. The number of allylic oxidation sites excluding steroid dienone is 2. The molecule has 0 saturated heterocycles. The first-order chi connectivity index (χ1) is 10.7. The highest BCUT2D eigenvalue weighted by molar-refractivity contribution is 6.80. The Bertz CT molecular complexity index is 696. The average Bonchev–Trinajstić information content (AvgIpc) is 2.71. The highest BCUT2D eigenvalue weighted by Crippen LogP contribution is 2.58. The number of carbonyl (C=O) groups excluding carboxylic acids is 1. The van der Waals surface area contributed by atoms with E-state index in [1.54, 1.807) is 0 Å². The molecule has 0 N–H and O–H groups in total. The van der Waals surface area contributed by atoms with Gasteiger partial charge in [0.25, 0.3) is 0 Å². The van der Waals surface area contributed by atoms with Crippen molar-refractivity contribution in [2.24, 2.45) is 5.92 Å². The van der Waals surface area contributed by atoms with Gasteiger partial charge in [-0.25, -0.2) is 0 Å². The molecule has 124 valence electrons. The molecule has 0 unspecified atom stereocenters. The zero-order valence-electron chi connectivity index (χ0n) is 15.2. The fourth-order valence-electron chi connectivity index (χ4n) is 4.75. The van der Waals surface area contributed by atoms with Crippen LogP contribution in [0.4, 0.5) is 0 Å². The van der Waals surface area contributed by atoms with Gasteiger partial charge in [0.05, 0.1) is 20.2 Å². The minimum Gasteiger partial charge on any atom is -0.493 e. The second kappa shape index (κ2) is 5.34. The van der Waals surface area contributed by atoms with E-state index in [0.29, 0.717) is 12.4 Å². The Morgan fingerprint density at radius 2 is 1.91 bits per heavy atom. The van der Waals surface area contributed by atoms with E-state index in [1.807, 2.05) is 13.0 Å². The van der Waals surface area contributed by atoms with Crippen LogP contribution in [0.5, 0.6) is 5.75 Å². The van der Waals surface area contributed by atoms with Crippen molar-refractivity contribution >= 4 is 13.9 Å². The normalized spacial score (nSPS) is 27.0. The second-order valence-electron chi connectivity index (χ2n) is 8.19. The Balaban J connectivity index is 2.29. The summed E-state index contributed by atoms with van der Waals surface area (Å²) in [6.07, 6.45) is 1.95. The summed E-state index contributed by atoms with van der Waals surface area (Å²) in [5, 5.41) is 0.0239. The third kappa shape index (κ3) is 2.16. The van der Waals surface area contributed by atoms with Crippen molar-refractivity contribution < 1.29 is 9.53 Å². The van der Waals surface area contributed by atoms with Gasteiger partial charge in [-0.15, -0.1) is 0 Å². The maximum atomic E-state index is 13.4. The second-order valence-corrected chi connectivity index (χ2v) is 13.6. The van der Waals surface area contributed by atoms with Crippen molar-refractivity contribution in [2.45, 2.75) is 58.3 Å². The molecule has 1 aromatic carbocycles. The molecule has 2 nitrogen and oxygen atoms in total. The minimum absolute atomic E-state index is 0.0239. The Hall–Kier alpha value is -1.35. The van der Waals surface area contributed by atoms with E-state index in [4.69, 9.17) is 4.74 Å². The molecular weight excluding hydrogens is 300 g/mol. The van der Waals surface area contributed by atoms with Crippen LogP contribution < -0.4 is 4.74 Å². The summed E-state index contributed by atoms with van der Waals surface area (Å²) >= 11 is 0. The van der Waals surface area contributed by atoms with Gasteiger partial charge in [0, 0.05) is 11.0 Å². The number of fused-ring (bicyclic) bond motifs is 3. The maximum absolute atomic E-state index is 13.4. The van der Waals surface area contributed by atoms with Gasteiger partial charge in [0.2, 0.25) is 0 Å². The molecule has 2 atom stereocenters. The van der Waals surface area contributed by atoms with Gasteiger partial charge in [-0.2, -0.15) is 0 Å². The number of hydrogen-bond donors (Lipinski definition) is 0. The van der Waals surface area contributed by atoms with Crippen LogP contribution in [0.1, 0.15) is 49.5 Å². The first-order valence-corrected chi connectivity index (χ1v) is 12.2. The standard InChI is InChI=1S/C20H28O2Si/c1-7-22-17-10-8-9-15-18(17)19(21)16-11-13(2)14(3)12-20(15,16)23(4,5)6/h8-10,16H,7,11-12H2,1-6H3/t16-,20-/m0/s1. The Kier molecular flexibility index (Phi) is 3.83.